The van der Waals surface area contributed by atoms with Crippen LogP contribution in [-0.2, 0) is 11.8 Å². The molecule has 1 aromatic carbocycles. The zero-order chi connectivity index (χ0) is 13.5. The Bertz CT molecular complexity index is 467. The molecule has 0 saturated heterocycles. The SMILES string of the molecule is CCc1cccc2c1NC1(CCCCC1)CC2(C)C. The third-order valence-corrected chi connectivity index (χ3v) is 5.24. The lowest BCUT2D eigenvalue weighted by Gasteiger charge is -2.50. The minimum Gasteiger partial charge on any atom is -0.379 e. The fourth-order valence-electron chi connectivity index (χ4n) is 4.39. The second kappa shape index (κ2) is 4.54. The Labute approximate surface area is 117 Å². The Balaban J connectivity index is 2.06. The summed E-state index contributed by atoms with van der Waals surface area (Å²) in [7, 11) is 0. The molecular weight excluding hydrogens is 230 g/mol. The summed E-state index contributed by atoms with van der Waals surface area (Å²) in [6.45, 7) is 7.14. The predicted molar refractivity (Wildman–Crippen MR) is 82.9 cm³/mol. The second-order valence-corrected chi connectivity index (χ2v) is 7.22. The van der Waals surface area contributed by atoms with E-state index in [1.807, 2.05) is 0 Å². The Morgan fingerprint density at radius 1 is 1.11 bits per heavy atom. The van der Waals surface area contributed by atoms with Gasteiger partial charge >= 0.3 is 0 Å². The van der Waals surface area contributed by atoms with Gasteiger partial charge in [0.15, 0.2) is 0 Å². The van der Waals surface area contributed by atoms with Crippen molar-refractivity contribution in [2.45, 2.75) is 76.7 Å². The summed E-state index contributed by atoms with van der Waals surface area (Å²) in [6, 6.07) is 6.86. The second-order valence-electron chi connectivity index (χ2n) is 7.22. The van der Waals surface area contributed by atoms with Crippen molar-refractivity contribution in [1.29, 1.82) is 0 Å². The molecule has 104 valence electrons. The van der Waals surface area contributed by atoms with Gasteiger partial charge in [0.05, 0.1) is 0 Å². The molecule has 0 aromatic heterocycles. The van der Waals surface area contributed by atoms with Crippen molar-refractivity contribution >= 4 is 5.69 Å². The van der Waals surface area contributed by atoms with Gasteiger partial charge in [-0.25, -0.2) is 0 Å². The molecule has 0 amide bonds. The lowest BCUT2D eigenvalue weighted by molar-refractivity contribution is 0.241. The van der Waals surface area contributed by atoms with Crippen LogP contribution in [0.25, 0.3) is 0 Å². The molecule has 0 radical (unpaired) electrons. The monoisotopic (exact) mass is 257 g/mol. The van der Waals surface area contributed by atoms with Crippen LogP contribution in [0.1, 0.15) is 70.4 Å². The van der Waals surface area contributed by atoms with E-state index in [1.165, 1.54) is 55.3 Å². The van der Waals surface area contributed by atoms with Crippen molar-refractivity contribution in [3.63, 3.8) is 0 Å². The summed E-state index contributed by atoms with van der Waals surface area (Å²) >= 11 is 0. The summed E-state index contributed by atoms with van der Waals surface area (Å²) in [5, 5.41) is 3.99. The van der Waals surface area contributed by atoms with Gasteiger partial charge in [0.2, 0.25) is 0 Å². The molecule has 1 heteroatoms. The standard InChI is InChI=1S/C18H27N/c1-4-14-9-8-10-15-16(14)19-18(13-17(15,2)3)11-6-5-7-12-18/h8-10,19H,4-7,11-13H2,1-3H3. The number of aryl methyl sites for hydroxylation is 1. The third-order valence-electron chi connectivity index (χ3n) is 5.24. The van der Waals surface area contributed by atoms with Crippen molar-refractivity contribution in [2.75, 3.05) is 5.32 Å². The van der Waals surface area contributed by atoms with Gasteiger partial charge in [-0.15, -0.1) is 0 Å². The first-order valence-corrected chi connectivity index (χ1v) is 7.97. The van der Waals surface area contributed by atoms with Gasteiger partial charge in [-0.3, -0.25) is 0 Å². The average molecular weight is 257 g/mol. The number of fused-ring (bicyclic) bond motifs is 1. The number of benzene rings is 1. The predicted octanol–water partition coefficient (Wildman–Crippen LogP) is 5.05. The quantitative estimate of drug-likeness (QED) is 0.742. The zero-order valence-electron chi connectivity index (χ0n) is 12.7. The molecule has 0 unspecified atom stereocenters. The summed E-state index contributed by atoms with van der Waals surface area (Å²) in [4.78, 5) is 0. The summed E-state index contributed by atoms with van der Waals surface area (Å²) in [6.07, 6.45) is 9.34. The zero-order valence-corrected chi connectivity index (χ0v) is 12.7. The van der Waals surface area contributed by atoms with E-state index in [0.717, 1.165) is 6.42 Å². The summed E-state index contributed by atoms with van der Waals surface area (Å²) in [5.41, 5.74) is 5.17. The molecule has 1 aliphatic heterocycles. The fourth-order valence-corrected chi connectivity index (χ4v) is 4.39. The molecule has 1 aromatic rings. The van der Waals surface area contributed by atoms with Crippen LogP contribution < -0.4 is 5.32 Å². The van der Waals surface area contributed by atoms with Crippen LogP contribution in [0.2, 0.25) is 0 Å². The number of para-hydroxylation sites is 1. The Hall–Kier alpha value is -0.980. The van der Waals surface area contributed by atoms with Crippen LogP contribution in [-0.4, -0.2) is 5.54 Å². The summed E-state index contributed by atoms with van der Waals surface area (Å²) in [5.74, 6) is 0. The lowest BCUT2D eigenvalue weighted by atomic mass is 9.65. The number of rotatable bonds is 1. The maximum atomic E-state index is 3.99. The normalized spacial score (nSPS) is 23.7. The van der Waals surface area contributed by atoms with Gasteiger partial charge in [0.25, 0.3) is 0 Å². The highest BCUT2D eigenvalue weighted by atomic mass is 15.0. The molecule has 1 aliphatic carbocycles. The molecule has 3 rings (SSSR count). The molecule has 1 fully saturated rings. The van der Waals surface area contributed by atoms with E-state index in [-0.39, 0.29) is 0 Å². The van der Waals surface area contributed by atoms with Gasteiger partial charge in [-0.2, -0.15) is 0 Å². The molecule has 1 heterocycles. The Kier molecular flexibility index (Phi) is 3.11. The van der Waals surface area contributed by atoms with Gasteiger partial charge in [0, 0.05) is 11.2 Å². The molecule has 1 nitrogen and oxygen atoms in total. The first-order chi connectivity index (χ1) is 9.06. The third kappa shape index (κ3) is 2.17. The number of anilines is 1. The van der Waals surface area contributed by atoms with Crippen LogP contribution in [0.4, 0.5) is 5.69 Å². The van der Waals surface area contributed by atoms with E-state index in [9.17, 15) is 0 Å². The van der Waals surface area contributed by atoms with Gasteiger partial charge < -0.3 is 5.32 Å². The van der Waals surface area contributed by atoms with E-state index in [4.69, 9.17) is 0 Å². The van der Waals surface area contributed by atoms with E-state index >= 15 is 0 Å². The first-order valence-electron chi connectivity index (χ1n) is 7.97. The van der Waals surface area contributed by atoms with Crippen molar-refractivity contribution in [1.82, 2.24) is 0 Å². The molecule has 19 heavy (non-hydrogen) atoms. The first kappa shape index (κ1) is 13.0. The van der Waals surface area contributed by atoms with Crippen LogP contribution in [0.5, 0.6) is 0 Å². The Morgan fingerprint density at radius 3 is 2.53 bits per heavy atom. The van der Waals surface area contributed by atoms with Crippen molar-refractivity contribution in [3.8, 4) is 0 Å². The minimum absolute atomic E-state index is 0.309. The lowest BCUT2D eigenvalue weighted by Crippen LogP contribution is -2.49. The van der Waals surface area contributed by atoms with Crippen molar-refractivity contribution < 1.29 is 0 Å². The van der Waals surface area contributed by atoms with Gasteiger partial charge in [0.1, 0.15) is 0 Å². The average Bonchev–Trinajstić information content (AvgIpc) is 2.38. The molecule has 0 bridgehead atoms. The number of nitrogens with one attached hydrogen (secondary N) is 1. The minimum atomic E-state index is 0.309. The van der Waals surface area contributed by atoms with Gasteiger partial charge in [-0.1, -0.05) is 58.2 Å². The maximum Gasteiger partial charge on any atom is 0.0414 e. The van der Waals surface area contributed by atoms with Gasteiger partial charge in [-0.05, 0) is 42.2 Å². The highest BCUT2D eigenvalue weighted by Crippen LogP contribution is 2.49. The topological polar surface area (TPSA) is 12.0 Å². The molecule has 0 atom stereocenters. The highest BCUT2D eigenvalue weighted by molar-refractivity contribution is 5.64. The van der Waals surface area contributed by atoms with E-state index in [2.05, 4.69) is 44.3 Å². The van der Waals surface area contributed by atoms with Crippen LogP contribution in [0, 0.1) is 0 Å². The largest absolute Gasteiger partial charge is 0.379 e. The van der Waals surface area contributed by atoms with Crippen LogP contribution in [0.3, 0.4) is 0 Å². The Morgan fingerprint density at radius 2 is 1.84 bits per heavy atom. The van der Waals surface area contributed by atoms with Crippen LogP contribution >= 0.6 is 0 Å². The molecule has 2 aliphatic rings. The summed E-state index contributed by atoms with van der Waals surface area (Å²) < 4.78 is 0. The molecule has 1 N–H and O–H groups in total. The number of hydrogen-bond acceptors (Lipinski definition) is 1. The van der Waals surface area contributed by atoms with Crippen molar-refractivity contribution in [3.05, 3.63) is 29.3 Å². The van der Waals surface area contributed by atoms with E-state index < -0.39 is 0 Å². The van der Waals surface area contributed by atoms with E-state index in [1.54, 1.807) is 0 Å². The van der Waals surface area contributed by atoms with Crippen LogP contribution in [0.15, 0.2) is 18.2 Å². The highest BCUT2D eigenvalue weighted by Gasteiger charge is 2.43. The molecule has 1 spiro atoms. The van der Waals surface area contributed by atoms with Crippen molar-refractivity contribution in [2.24, 2.45) is 0 Å². The molecule has 1 saturated carbocycles. The smallest absolute Gasteiger partial charge is 0.0414 e. The van der Waals surface area contributed by atoms with E-state index in [0.29, 0.717) is 11.0 Å². The number of hydrogen-bond donors (Lipinski definition) is 1. The molecular formula is C18H27N. The maximum absolute atomic E-state index is 3.99. The fraction of sp³-hybridized carbons (Fsp3) is 0.667.